The van der Waals surface area contributed by atoms with Crippen LogP contribution < -0.4 is 0 Å². The molecule has 0 bridgehead atoms. The van der Waals surface area contributed by atoms with Gasteiger partial charge in [-0.3, -0.25) is 4.98 Å². The van der Waals surface area contributed by atoms with Crippen LogP contribution in [0, 0.1) is 22.7 Å². The molecule has 1 aliphatic rings. The van der Waals surface area contributed by atoms with Gasteiger partial charge in [-0.05, 0) is 31.2 Å². The fourth-order valence-corrected chi connectivity index (χ4v) is 3.59. The van der Waals surface area contributed by atoms with E-state index in [4.69, 9.17) is 0 Å². The van der Waals surface area contributed by atoms with Crippen molar-refractivity contribution >= 4 is 10.9 Å². The summed E-state index contributed by atoms with van der Waals surface area (Å²) in [6.45, 7) is 2.16. The lowest BCUT2D eigenvalue weighted by Crippen LogP contribution is -2.25. The zero-order valence-electron chi connectivity index (χ0n) is 12.3. The predicted octanol–water partition coefficient (Wildman–Crippen LogP) is 3.99. The summed E-state index contributed by atoms with van der Waals surface area (Å²) < 4.78 is 0. The van der Waals surface area contributed by atoms with E-state index < -0.39 is 11.5 Å². The Morgan fingerprint density at radius 2 is 2.24 bits per heavy atom. The number of hydrogen-bond donors (Lipinski definition) is 1. The van der Waals surface area contributed by atoms with E-state index in [0.717, 1.165) is 42.1 Å². The highest BCUT2D eigenvalue weighted by Crippen LogP contribution is 2.51. The third kappa shape index (κ3) is 2.30. The van der Waals surface area contributed by atoms with Crippen molar-refractivity contribution in [1.82, 2.24) is 4.98 Å². The van der Waals surface area contributed by atoms with E-state index in [0.29, 0.717) is 5.92 Å². The smallest absolute Gasteiger partial charge is 0.0997 e. The highest BCUT2D eigenvalue weighted by Gasteiger charge is 2.45. The summed E-state index contributed by atoms with van der Waals surface area (Å²) in [5.74, 6) is 0.544. The Balaban J connectivity index is 2.04. The van der Waals surface area contributed by atoms with Gasteiger partial charge in [-0.2, -0.15) is 5.26 Å². The summed E-state index contributed by atoms with van der Waals surface area (Å²) in [4.78, 5) is 4.41. The van der Waals surface area contributed by atoms with Gasteiger partial charge in [0, 0.05) is 17.1 Å². The fraction of sp³-hybridized carbons (Fsp3) is 0.444. The van der Waals surface area contributed by atoms with Crippen molar-refractivity contribution in [2.24, 2.45) is 11.3 Å². The Kier molecular flexibility index (Phi) is 3.65. The minimum atomic E-state index is -0.766. The molecule has 1 N–H and O–H groups in total. The average molecular weight is 280 g/mol. The van der Waals surface area contributed by atoms with E-state index in [1.165, 1.54) is 0 Å². The summed E-state index contributed by atoms with van der Waals surface area (Å²) in [7, 11) is 0. The van der Waals surface area contributed by atoms with Crippen LogP contribution in [0.3, 0.4) is 0 Å². The van der Waals surface area contributed by atoms with Crippen LogP contribution >= 0.6 is 0 Å². The molecule has 3 atom stereocenters. The van der Waals surface area contributed by atoms with Crippen molar-refractivity contribution in [3.05, 3.63) is 42.1 Å². The van der Waals surface area contributed by atoms with Gasteiger partial charge in [0.1, 0.15) is 0 Å². The molecule has 1 aromatic heterocycles. The van der Waals surface area contributed by atoms with E-state index in [1.807, 2.05) is 30.3 Å². The lowest BCUT2D eigenvalue weighted by atomic mass is 9.77. The molecule has 0 spiro atoms. The van der Waals surface area contributed by atoms with Crippen LogP contribution in [0.25, 0.3) is 10.9 Å². The van der Waals surface area contributed by atoms with Crippen LogP contribution in [0.5, 0.6) is 0 Å². The maximum absolute atomic E-state index is 10.9. The number of fused-ring (bicyclic) bond motifs is 1. The van der Waals surface area contributed by atoms with Gasteiger partial charge in [0.05, 0.1) is 23.1 Å². The maximum Gasteiger partial charge on any atom is 0.0997 e. The molecular formula is C18H20N2O. The molecule has 0 saturated heterocycles. The molecule has 3 rings (SSSR count). The molecule has 3 unspecified atom stereocenters. The largest absolute Gasteiger partial charge is 0.387 e. The second-order valence-electron chi connectivity index (χ2n) is 6.11. The number of para-hydroxylation sites is 1. The first-order chi connectivity index (χ1) is 10.2. The van der Waals surface area contributed by atoms with E-state index >= 15 is 0 Å². The Morgan fingerprint density at radius 3 is 2.95 bits per heavy atom. The summed E-state index contributed by atoms with van der Waals surface area (Å²) >= 11 is 0. The van der Waals surface area contributed by atoms with E-state index in [-0.39, 0.29) is 0 Å². The second kappa shape index (κ2) is 5.46. The molecule has 0 amide bonds. The van der Waals surface area contributed by atoms with Gasteiger partial charge < -0.3 is 5.11 Å². The standard InChI is InChI=1S/C18H20N2O/c1-2-13-8-9-18(11-13,12-19)17(21)15-7-3-5-14-6-4-10-20-16(14)15/h3-7,10,13,17,21H,2,8-9,11H2,1H3. The van der Waals surface area contributed by atoms with Gasteiger partial charge in [0.2, 0.25) is 0 Å². The number of benzene rings is 1. The van der Waals surface area contributed by atoms with Gasteiger partial charge in [-0.25, -0.2) is 0 Å². The molecule has 108 valence electrons. The van der Waals surface area contributed by atoms with Crippen LogP contribution in [0.15, 0.2) is 36.5 Å². The van der Waals surface area contributed by atoms with Crippen molar-refractivity contribution in [1.29, 1.82) is 5.26 Å². The van der Waals surface area contributed by atoms with Crippen molar-refractivity contribution in [3.63, 3.8) is 0 Å². The number of nitriles is 1. The molecule has 0 radical (unpaired) electrons. The molecular weight excluding hydrogens is 260 g/mol. The summed E-state index contributed by atoms with van der Waals surface area (Å²) in [5.41, 5.74) is 0.931. The van der Waals surface area contributed by atoms with Crippen LogP contribution in [0.2, 0.25) is 0 Å². The number of aliphatic hydroxyl groups is 1. The monoisotopic (exact) mass is 280 g/mol. The maximum atomic E-state index is 10.9. The van der Waals surface area contributed by atoms with Crippen molar-refractivity contribution in [2.75, 3.05) is 0 Å². The Labute approximate surface area is 125 Å². The lowest BCUT2D eigenvalue weighted by molar-refractivity contribution is 0.0652. The summed E-state index contributed by atoms with van der Waals surface area (Å²) in [6, 6.07) is 12.1. The van der Waals surface area contributed by atoms with Gasteiger partial charge in [-0.15, -0.1) is 0 Å². The van der Waals surface area contributed by atoms with Crippen LogP contribution in [-0.4, -0.2) is 10.1 Å². The molecule has 1 heterocycles. The molecule has 1 aromatic carbocycles. The van der Waals surface area contributed by atoms with Crippen LogP contribution in [0.1, 0.15) is 44.3 Å². The normalized spacial score (nSPS) is 26.6. The number of aromatic nitrogens is 1. The van der Waals surface area contributed by atoms with Crippen LogP contribution in [0.4, 0.5) is 0 Å². The predicted molar refractivity (Wildman–Crippen MR) is 82.4 cm³/mol. The minimum Gasteiger partial charge on any atom is -0.387 e. The number of hydrogen-bond acceptors (Lipinski definition) is 3. The number of aliphatic hydroxyl groups excluding tert-OH is 1. The molecule has 3 nitrogen and oxygen atoms in total. The SMILES string of the molecule is CCC1CCC(C#N)(C(O)c2cccc3cccnc23)C1. The van der Waals surface area contributed by atoms with Crippen molar-refractivity contribution in [3.8, 4) is 6.07 Å². The molecule has 2 aromatic rings. The van der Waals surface area contributed by atoms with E-state index in [1.54, 1.807) is 6.20 Å². The molecule has 21 heavy (non-hydrogen) atoms. The fourth-order valence-electron chi connectivity index (χ4n) is 3.59. The summed E-state index contributed by atoms with van der Waals surface area (Å²) in [5, 5.41) is 21.6. The Bertz CT molecular complexity index is 686. The minimum absolute atomic E-state index is 0.544. The third-order valence-electron chi connectivity index (χ3n) is 4.93. The molecule has 3 heteroatoms. The first-order valence-electron chi connectivity index (χ1n) is 7.63. The first-order valence-corrected chi connectivity index (χ1v) is 7.63. The van der Waals surface area contributed by atoms with Gasteiger partial charge in [0.25, 0.3) is 0 Å². The highest BCUT2D eigenvalue weighted by molar-refractivity contribution is 5.82. The zero-order valence-corrected chi connectivity index (χ0v) is 12.3. The topological polar surface area (TPSA) is 56.9 Å². The van der Waals surface area contributed by atoms with Crippen molar-refractivity contribution in [2.45, 2.75) is 38.7 Å². The average Bonchev–Trinajstić information content (AvgIpc) is 2.98. The molecule has 1 fully saturated rings. The number of rotatable bonds is 3. The summed E-state index contributed by atoms with van der Waals surface area (Å²) in [6.07, 6.45) is 4.62. The number of nitrogens with zero attached hydrogens (tertiary/aromatic N) is 2. The Hall–Kier alpha value is -1.92. The Morgan fingerprint density at radius 1 is 1.43 bits per heavy atom. The first kappa shape index (κ1) is 14.0. The quantitative estimate of drug-likeness (QED) is 0.924. The van der Waals surface area contributed by atoms with E-state index in [2.05, 4.69) is 18.0 Å². The molecule has 1 saturated carbocycles. The van der Waals surface area contributed by atoms with Gasteiger partial charge in [-0.1, -0.05) is 37.6 Å². The number of pyridine rings is 1. The second-order valence-corrected chi connectivity index (χ2v) is 6.11. The van der Waals surface area contributed by atoms with Crippen molar-refractivity contribution < 1.29 is 5.11 Å². The third-order valence-corrected chi connectivity index (χ3v) is 4.93. The lowest BCUT2D eigenvalue weighted by Gasteiger charge is -2.28. The molecule has 0 aliphatic heterocycles. The molecule has 1 aliphatic carbocycles. The highest BCUT2D eigenvalue weighted by atomic mass is 16.3. The van der Waals surface area contributed by atoms with E-state index in [9.17, 15) is 10.4 Å². The van der Waals surface area contributed by atoms with Gasteiger partial charge in [0.15, 0.2) is 0 Å². The van der Waals surface area contributed by atoms with Gasteiger partial charge >= 0.3 is 0 Å². The zero-order chi connectivity index (χ0) is 14.9. The van der Waals surface area contributed by atoms with Crippen LogP contribution in [-0.2, 0) is 0 Å².